The number of rotatable bonds is 12. The van der Waals surface area contributed by atoms with Crippen molar-refractivity contribution in [2.24, 2.45) is 0 Å². The molecule has 0 aliphatic carbocycles. The Balaban J connectivity index is 2.01. The van der Waals surface area contributed by atoms with Crippen molar-refractivity contribution in [3.63, 3.8) is 0 Å². The van der Waals surface area contributed by atoms with Crippen molar-refractivity contribution in [1.82, 2.24) is 0 Å². The molecule has 0 saturated heterocycles. The van der Waals surface area contributed by atoms with E-state index < -0.39 is 0 Å². The fourth-order valence-electron chi connectivity index (χ4n) is 2.65. The van der Waals surface area contributed by atoms with E-state index in [2.05, 4.69) is 6.92 Å². The van der Waals surface area contributed by atoms with Crippen LogP contribution < -0.4 is 0 Å². The molecule has 0 heterocycles. The maximum atomic E-state index is 11.8. The molecule has 0 aromatic heterocycles. The summed E-state index contributed by atoms with van der Waals surface area (Å²) in [5.41, 5.74) is 1.02. The Hall–Kier alpha value is -1.31. The molecule has 0 radical (unpaired) electrons. The Morgan fingerprint density at radius 2 is 1.55 bits per heavy atom. The van der Waals surface area contributed by atoms with Gasteiger partial charge < -0.3 is 4.74 Å². The zero-order chi connectivity index (χ0) is 16.0. The molecular weight excluding hydrogens is 272 g/mol. The zero-order valence-corrected chi connectivity index (χ0v) is 14.4. The third kappa shape index (κ3) is 9.59. The van der Waals surface area contributed by atoms with Crippen molar-refractivity contribution in [2.75, 3.05) is 0 Å². The monoisotopic (exact) mass is 304 g/mol. The molecule has 0 aliphatic rings. The molecule has 1 atom stereocenters. The summed E-state index contributed by atoms with van der Waals surface area (Å²) in [4.78, 5) is 11.8. The molecule has 22 heavy (non-hydrogen) atoms. The second kappa shape index (κ2) is 12.3. The van der Waals surface area contributed by atoms with Crippen LogP contribution in [0.3, 0.4) is 0 Å². The Kier molecular flexibility index (Phi) is 10.4. The zero-order valence-electron chi connectivity index (χ0n) is 14.4. The Labute approximate surface area is 136 Å². The molecule has 0 aliphatic heterocycles. The lowest BCUT2D eigenvalue weighted by Crippen LogP contribution is -2.16. The van der Waals surface area contributed by atoms with E-state index in [0.29, 0.717) is 6.42 Å². The minimum atomic E-state index is -0.113. The Morgan fingerprint density at radius 1 is 0.955 bits per heavy atom. The third-order valence-electron chi connectivity index (χ3n) is 3.99. The number of unbranched alkanes of at least 4 members (excludes halogenated alkanes) is 7. The van der Waals surface area contributed by atoms with Crippen LogP contribution >= 0.6 is 0 Å². The fourth-order valence-corrected chi connectivity index (χ4v) is 2.65. The minimum Gasteiger partial charge on any atom is -0.462 e. The van der Waals surface area contributed by atoms with E-state index in [9.17, 15) is 4.79 Å². The molecule has 0 fully saturated rings. The highest BCUT2D eigenvalue weighted by Crippen LogP contribution is 2.12. The van der Waals surface area contributed by atoms with Crippen molar-refractivity contribution in [3.05, 3.63) is 35.9 Å². The van der Waals surface area contributed by atoms with Gasteiger partial charge in [0.1, 0.15) is 0 Å². The molecule has 1 aromatic carbocycles. The van der Waals surface area contributed by atoms with E-state index in [4.69, 9.17) is 4.74 Å². The molecule has 0 saturated carbocycles. The third-order valence-corrected chi connectivity index (χ3v) is 3.99. The van der Waals surface area contributed by atoms with Gasteiger partial charge >= 0.3 is 5.97 Å². The molecule has 1 aromatic rings. The minimum absolute atomic E-state index is 0.0382. The van der Waals surface area contributed by atoms with Crippen LogP contribution in [0.4, 0.5) is 0 Å². The van der Waals surface area contributed by atoms with Crippen molar-refractivity contribution in [3.8, 4) is 0 Å². The van der Waals surface area contributed by atoms with Gasteiger partial charge in [-0.05, 0) is 25.3 Å². The van der Waals surface area contributed by atoms with Crippen molar-refractivity contribution in [2.45, 2.75) is 84.2 Å². The Morgan fingerprint density at radius 3 is 2.18 bits per heavy atom. The maximum Gasteiger partial charge on any atom is 0.310 e. The van der Waals surface area contributed by atoms with E-state index in [1.165, 1.54) is 44.9 Å². The highest BCUT2D eigenvalue weighted by molar-refractivity contribution is 5.72. The Bertz CT molecular complexity index is 386. The number of hydrogen-bond acceptors (Lipinski definition) is 2. The van der Waals surface area contributed by atoms with Gasteiger partial charge in [0.15, 0.2) is 0 Å². The number of esters is 1. The lowest BCUT2D eigenvalue weighted by atomic mass is 10.1. The van der Waals surface area contributed by atoms with Crippen LogP contribution in [0, 0.1) is 0 Å². The van der Waals surface area contributed by atoms with Gasteiger partial charge in [-0.3, -0.25) is 4.79 Å². The van der Waals surface area contributed by atoms with Crippen LogP contribution in [0.1, 0.15) is 77.2 Å². The van der Waals surface area contributed by atoms with Crippen molar-refractivity contribution in [1.29, 1.82) is 0 Å². The average molecular weight is 304 g/mol. The molecule has 0 bridgehead atoms. The summed E-state index contributed by atoms with van der Waals surface area (Å²) < 4.78 is 5.48. The summed E-state index contributed by atoms with van der Waals surface area (Å²) in [6, 6.07) is 9.79. The summed E-state index contributed by atoms with van der Waals surface area (Å²) in [5.74, 6) is -0.113. The highest BCUT2D eigenvalue weighted by atomic mass is 16.5. The molecule has 0 N–H and O–H groups in total. The summed E-state index contributed by atoms with van der Waals surface area (Å²) in [7, 11) is 0. The van der Waals surface area contributed by atoms with Crippen LogP contribution in [0.25, 0.3) is 0 Å². The van der Waals surface area contributed by atoms with Crippen LogP contribution in [-0.2, 0) is 16.0 Å². The van der Waals surface area contributed by atoms with Gasteiger partial charge in [-0.15, -0.1) is 0 Å². The van der Waals surface area contributed by atoms with Crippen molar-refractivity contribution >= 4 is 5.97 Å². The van der Waals surface area contributed by atoms with E-state index in [1.54, 1.807) is 0 Å². The lowest BCUT2D eigenvalue weighted by molar-refractivity contribution is -0.147. The van der Waals surface area contributed by atoms with Crippen LogP contribution in [-0.4, -0.2) is 12.1 Å². The summed E-state index contributed by atoms with van der Waals surface area (Å²) in [6.07, 6.45) is 11.9. The topological polar surface area (TPSA) is 26.3 Å². The van der Waals surface area contributed by atoms with Gasteiger partial charge in [0, 0.05) is 0 Å². The first-order valence-electron chi connectivity index (χ1n) is 8.95. The van der Waals surface area contributed by atoms with E-state index >= 15 is 0 Å². The lowest BCUT2D eigenvalue weighted by Gasteiger charge is -2.13. The largest absolute Gasteiger partial charge is 0.462 e. The molecule has 124 valence electrons. The summed E-state index contributed by atoms with van der Waals surface area (Å²) in [6.45, 7) is 4.25. The fraction of sp³-hybridized carbons (Fsp3) is 0.650. The highest BCUT2D eigenvalue weighted by Gasteiger charge is 2.09. The SMILES string of the molecule is CCCCCCCCCCC(C)OC(=O)Cc1ccccc1. The van der Waals surface area contributed by atoms with Gasteiger partial charge in [-0.25, -0.2) is 0 Å². The maximum absolute atomic E-state index is 11.8. The van der Waals surface area contributed by atoms with Gasteiger partial charge in [0.25, 0.3) is 0 Å². The first-order chi connectivity index (χ1) is 10.7. The number of benzene rings is 1. The predicted molar refractivity (Wildman–Crippen MR) is 92.9 cm³/mol. The summed E-state index contributed by atoms with van der Waals surface area (Å²) >= 11 is 0. The quantitative estimate of drug-likeness (QED) is 0.366. The molecule has 0 amide bonds. The average Bonchev–Trinajstić information content (AvgIpc) is 2.50. The van der Waals surface area contributed by atoms with Gasteiger partial charge in [-0.2, -0.15) is 0 Å². The second-order valence-electron chi connectivity index (χ2n) is 6.23. The summed E-state index contributed by atoms with van der Waals surface area (Å²) in [5, 5.41) is 0. The first kappa shape index (κ1) is 18.7. The van der Waals surface area contributed by atoms with E-state index in [0.717, 1.165) is 18.4 Å². The number of carbonyl (C=O) groups excluding carboxylic acids is 1. The van der Waals surface area contributed by atoms with Gasteiger partial charge in [0.2, 0.25) is 0 Å². The van der Waals surface area contributed by atoms with Crippen LogP contribution in [0.2, 0.25) is 0 Å². The van der Waals surface area contributed by atoms with Gasteiger partial charge in [0.05, 0.1) is 12.5 Å². The molecule has 2 nitrogen and oxygen atoms in total. The standard InChI is InChI=1S/C20H32O2/c1-3-4-5-6-7-8-9-11-14-18(2)22-20(21)17-19-15-12-10-13-16-19/h10,12-13,15-16,18H,3-9,11,14,17H2,1-2H3. The molecular formula is C20H32O2. The molecule has 0 spiro atoms. The number of ether oxygens (including phenoxy) is 1. The van der Waals surface area contributed by atoms with E-state index in [-0.39, 0.29) is 12.1 Å². The smallest absolute Gasteiger partial charge is 0.310 e. The first-order valence-corrected chi connectivity index (χ1v) is 8.95. The van der Waals surface area contributed by atoms with E-state index in [1.807, 2.05) is 37.3 Å². The molecule has 1 unspecified atom stereocenters. The van der Waals surface area contributed by atoms with Crippen LogP contribution in [0.15, 0.2) is 30.3 Å². The number of hydrogen-bond donors (Lipinski definition) is 0. The van der Waals surface area contributed by atoms with Crippen molar-refractivity contribution < 1.29 is 9.53 Å². The van der Waals surface area contributed by atoms with Gasteiger partial charge in [-0.1, -0.05) is 82.2 Å². The molecule has 2 heteroatoms. The number of carbonyl (C=O) groups is 1. The van der Waals surface area contributed by atoms with Crippen LogP contribution in [0.5, 0.6) is 0 Å². The second-order valence-corrected chi connectivity index (χ2v) is 6.23. The molecule has 1 rings (SSSR count). The predicted octanol–water partition coefficient (Wildman–Crippen LogP) is 5.69. The normalized spacial score (nSPS) is 12.1.